The zero-order chi connectivity index (χ0) is 17.4. The molecule has 1 heterocycles. The van der Waals surface area contributed by atoms with Gasteiger partial charge < -0.3 is 15.1 Å². The van der Waals surface area contributed by atoms with E-state index < -0.39 is 11.9 Å². The van der Waals surface area contributed by atoms with Gasteiger partial charge in [-0.3, -0.25) is 14.9 Å². The number of benzene rings is 1. The number of hydrogen-bond acceptors (Lipinski definition) is 5. The maximum atomic E-state index is 11.7. The van der Waals surface area contributed by atoms with Crippen molar-refractivity contribution in [3.63, 3.8) is 0 Å². The van der Waals surface area contributed by atoms with Crippen molar-refractivity contribution in [2.24, 2.45) is 0 Å². The Balaban J connectivity index is 1.70. The molecule has 3 N–H and O–H groups in total. The van der Waals surface area contributed by atoms with Crippen LogP contribution in [0.2, 0.25) is 0 Å². The number of rotatable bonds is 6. The van der Waals surface area contributed by atoms with Gasteiger partial charge in [0.05, 0.1) is 18.6 Å². The first-order valence-electron chi connectivity index (χ1n) is 7.13. The van der Waals surface area contributed by atoms with Crippen molar-refractivity contribution in [2.75, 3.05) is 11.1 Å². The Morgan fingerprint density at radius 2 is 1.88 bits per heavy atom. The molecule has 8 heteroatoms. The molecule has 1 aromatic heterocycles. The summed E-state index contributed by atoms with van der Waals surface area (Å²) in [6.07, 6.45) is 1.51. The first-order valence-corrected chi connectivity index (χ1v) is 8.12. The van der Waals surface area contributed by atoms with Gasteiger partial charge in [-0.25, -0.2) is 4.79 Å². The van der Waals surface area contributed by atoms with Crippen LogP contribution in [0.5, 0.6) is 0 Å². The standard InChI is InChI=1S/C16H17N3O4S/c1-11(20)18-12-4-6-14(7-5-12)24-10-15(21)19-16(22)17-9-13-3-2-8-23-13/h2-8H,9-10H2,1H3,(H,18,20)(H2,17,19,21,22). The van der Waals surface area contributed by atoms with Gasteiger partial charge in [0.15, 0.2) is 0 Å². The van der Waals surface area contributed by atoms with Crippen LogP contribution >= 0.6 is 11.8 Å². The van der Waals surface area contributed by atoms with Crippen molar-refractivity contribution in [2.45, 2.75) is 18.4 Å². The van der Waals surface area contributed by atoms with Crippen LogP contribution in [-0.4, -0.2) is 23.6 Å². The molecule has 2 aromatic rings. The van der Waals surface area contributed by atoms with Gasteiger partial charge in [-0.1, -0.05) is 0 Å². The van der Waals surface area contributed by atoms with Crippen LogP contribution in [0.15, 0.2) is 52.0 Å². The summed E-state index contributed by atoms with van der Waals surface area (Å²) >= 11 is 1.29. The molecule has 0 saturated carbocycles. The van der Waals surface area contributed by atoms with Crippen molar-refractivity contribution in [3.8, 4) is 0 Å². The molecule has 0 aliphatic rings. The van der Waals surface area contributed by atoms with Crippen LogP contribution in [0.25, 0.3) is 0 Å². The van der Waals surface area contributed by atoms with Crippen molar-refractivity contribution < 1.29 is 18.8 Å². The Kier molecular flexibility index (Phi) is 6.44. The second-order valence-electron chi connectivity index (χ2n) is 4.80. The van der Waals surface area contributed by atoms with Crippen LogP contribution in [0.4, 0.5) is 10.5 Å². The summed E-state index contributed by atoms with van der Waals surface area (Å²) in [4.78, 5) is 35.1. The van der Waals surface area contributed by atoms with Crippen molar-refractivity contribution in [1.29, 1.82) is 0 Å². The predicted octanol–water partition coefficient (Wildman–Crippen LogP) is 2.36. The number of nitrogens with one attached hydrogen (secondary N) is 3. The Labute approximate surface area is 143 Å². The number of anilines is 1. The fourth-order valence-electron chi connectivity index (χ4n) is 1.77. The van der Waals surface area contributed by atoms with Crippen LogP contribution in [-0.2, 0) is 16.1 Å². The lowest BCUT2D eigenvalue weighted by atomic mass is 10.3. The average molecular weight is 347 g/mol. The molecule has 0 spiro atoms. The van der Waals surface area contributed by atoms with Gasteiger partial charge in [-0.05, 0) is 36.4 Å². The SMILES string of the molecule is CC(=O)Nc1ccc(SCC(=O)NC(=O)NCc2ccco2)cc1. The molecule has 4 amide bonds. The number of carbonyl (C=O) groups excluding carboxylic acids is 3. The number of imide groups is 1. The first-order chi connectivity index (χ1) is 11.5. The fourth-order valence-corrected chi connectivity index (χ4v) is 2.47. The van der Waals surface area contributed by atoms with E-state index >= 15 is 0 Å². The molecule has 2 rings (SSSR count). The summed E-state index contributed by atoms with van der Waals surface area (Å²) in [7, 11) is 0. The molecule has 7 nitrogen and oxygen atoms in total. The maximum Gasteiger partial charge on any atom is 0.321 e. The van der Waals surface area contributed by atoms with E-state index in [0.29, 0.717) is 11.4 Å². The summed E-state index contributed by atoms with van der Waals surface area (Å²) in [6, 6.07) is 9.95. The van der Waals surface area contributed by atoms with E-state index in [9.17, 15) is 14.4 Å². The summed E-state index contributed by atoms with van der Waals surface area (Å²) in [5.74, 6) is 0.165. The molecular formula is C16H17N3O4S. The highest BCUT2D eigenvalue weighted by molar-refractivity contribution is 8.00. The minimum Gasteiger partial charge on any atom is -0.467 e. The Morgan fingerprint density at radius 1 is 1.12 bits per heavy atom. The number of hydrogen-bond donors (Lipinski definition) is 3. The Morgan fingerprint density at radius 3 is 2.50 bits per heavy atom. The molecule has 1 aromatic carbocycles. The van der Waals surface area contributed by atoms with E-state index in [2.05, 4.69) is 16.0 Å². The monoisotopic (exact) mass is 347 g/mol. The van der Waals surface area contributed by atoms with E-state index in [4.69, 9.17) is 4.42 Å². The summed E-state index contributed by atoms with van der Waals surface area (Å²) in [5.41, 5.74) is 0.689. The molecule has 0 aliphatic heterocycles. The maximum absolute atomic E-state index is 11.7. The molecule has 0 aliphatic carbocycles. The van der Waals surface area contributed by atoms with Gasteiger partial charge >= 0.3 is 6.03 Å². The average Bonchev–Trinajstić information content (AvgIpc) is 3.05. The number of amides is 4. The Bertz CT molecular complexity index is 699. The van der Waals surface area contributed by atoms with Crippen molar-refractivity contribution >= 4 is 35.3 Å². The van der Waals surface area contributed by atoms with Crippen molar-refractivity contribution in [3.05, 3.63) is 48.4 Å². The first kappa shape index (κ1) is 17.6. The van der Waals surface area contributed by atoms with E-state index in [1.165, 1.54) is 24.9 Å². The minimum absolute atomic E-state index is 0.105. The van der Waals surface area contributed by atoms with Crippen LogP contribution < -0.4 is 16.0 Å². The normalized spacial score (nSPS) is 10.0. The van der Waals surface area contributed by atoms with Gasteiger partial charge in [-0.2, -0.15) is 0 Å². The molecule has 0 unspecified atom stereocenters. The molecule has 0 bridgehead atoms. The Hall–Kier alpha value is -2.74. The second-order valence-corrected chi connectivity index (χ2v) is 5.85. The van der Waals surface area contributed by atoms with Gasteiger partial charge in [0.1, 0.15) is 5.76 Å². The zero-order valence-corrected chi connectivity index (χ0v) is 13.8. The zero-order valence-electron chi connectivity index (χ0n) is 13.0. The van der Waals surface area contributed by atoms with Gasteiger partial charge in [0.2, 0.25) is 11.8 Å². The van der Waals surface area contributed by atoms with E-state index in [-0.39, 0.29) is 18.2 Å². The van der Waals surface area contributed by atoms with Crippen molar-refractivity contribution in [1.82, 2.24) is 10.6 Å². The lowest BCUT2D eigenvalue weighted by Crippen LogP contribution is -2.39. The lowest BCUT2D eigenvalue weighted by Gasteiger charge is -2.06. The third-order valence-corrected chi connectivity index (χ3v) is 3.81. The highest BCUT2D eigenvalue weighted by atomic mass is 32.2. The number of furan rings is 1. The van der Waals surface area contributed by atoms with Gasteiger partial charge in [0.25, 0.3) is 0 Å². The summed E-state index contributed by atoms with van der Waals surface area (Å²) in [6.45, 7) is 1.65. The number of urea groups is 1. The topological polar surface area (TPSA) is 100 Å². The summed E-state index contributed by atoms with van der Waals surface area (Å²) in [5, 5.41) is 7.43. The highest BCUT2D eigenvalue weighted by Gasteiger charge is 2.08. The van der Waals surface area contributed by atoms with Crippen LogP contribution in [0, 0.1) is 0 Å². The van der Waals surface area contributed by atoms with Gasteiger partial charge in [0, 0.05) is 17.5 Å². The number of carbonyl (C=O) groups is 3. The molecule has 126 valence electrons. The number of thioether (sulfide) groups is 1. The van der Waals surface area contributed by atoms with E-state index in [1.807, 2.05) is 0 Å². The molecular weight excluding hydrogens is 330 g/mol. The molecule has 24 heavy (non-hydrogen) atoms. The smallest absolute Gasteiger partial charge is 0.321 e. The van der Waals surface area contributed by atoms with Gasteiger partial charge in [-0.15, -0.1) is 11.8 Å². The minimum atomic E-state index is -0.571. The molecule has 0 saturated heterocycles. The summed E-state index contributed by atoms with van der Waals surface area (Å²) < 4.78 is 5.07. The highest BCUT2D eigenvalue weighted by Crippen LogP contribution is 2.20. The largest absolute Gasteiger partial charge is 0.467 e. The fraction of sp³-hybridized carbons (Fsp3) is 0.188. The third-order valence-electron chi connectivity index (χ3n) is 2.80. The lowest BCUT2D eigenvalue weighted by molar-refractivity contribution is -0.117. The third kappa shape index (κ3) is 6.17. The van der Waals surface area contributed by atoms with Crippen LogP contribution in [0.3, 0.4) is 0 Å². The van der Waals surface area contributed by atoms with E-state index in [0.717, 1.165) is 4.90 Å². The quantitative estimate of drug-likeness (QED) is 0.697. The molecule has 0 atom stereocenters. The predicted molar refractivity (Wildman–Crippen MR) is 90.6 cm³/mol. The second kappa shape index (κ2) is 8.78. The van der Waals surface area contributed by atoms with E-state index in [1.54, 1.807) is 36.4 Å². The molecule has 0 fully saturated rings. The van der Waals surface area contributed by atoms with Crippen LogP contribution in [0.1, 0.15) is 12.7 Å². The molecule has 0 radical (unpaired) electrons.